The van der Waals surface area contributed by atoms with Gasteiger partial charge in [-0.25, -0.2) is 9.18 Å². The fraction of sp³-hybridized carbons (Fsp3) is 0.588. The normalized spacial score (nSPS) is 21.8. The number of amides is 2. The smallest absolute Gasteiger partial charge is 0.315 e. The molecule has 0 saturated heterocycles. The van der Waals surface area contributed by atoms with E-state index in [1.807, 2.05) is 13.0 Å². The summed E-state index contributed by atoms with van der Waals surface area (Å²) in [7, 11) is 0. The molecule has 0 spiro atoms. The molecule has 1 aromatic carbocycles. The molecule has 4 nitrogen and oxygen atoms in total. The summed E-state index contributed by atoms with van der Waals surface area (Å²) in [6, 6.07) is 4.67. The van der Waals surface area contributed by atoms with Crippen LogP contribution in [0.25, 0.3) is 0 Å². The van der Waals surface area contributed by atoms with Crippen LogP contribution in [-0.2, 0) is 6.42 Å². The number of urea groups is 1. The van der Waals surface area contributed by atoms with E-state index < -0.39 is 0 Å². The lowest BCUT2D eigenvalue weighted by atomic mass is 9.80. The van der Waals surface area contributed by atoms with E-state index >= 15 is 0 Å². The SMILES string of the molecule is C[C@H](CCCO)NC(=O)N[C@@H]1c2cccc(F)c2CC[C@H]1C. The van der Waals surface area contributed by atoms with Gasteiger partial charge in [-0.05, 0) is 55.7 Å². The zero-order chi connectivity index (χ0) is 16.1. The van der Waals surface area contributed by atoms with Gasteiger partial charge in [0.05, 0.1) is 6.04 Å². The lowest BCUT2D eigenvalue weighted by molar-refractivity contribution is 0.223. The zero-order valence-electron chi connectivity index (χ0n) is 13.2. The Labute approximate surface area is 131 Å². The Morgan fingerprint density at radius 2 is 2.27 bits per heavy atom. The molecule has 1 aromatic rings. The van der Waals surface area contributed by atoms with Gasteiger partial charge < -0.3 is 15.7 Å². The van der Waals surface area contributed by atoms with E-state index in [2.05, 4.69) is 17.6 Å². The number of hydrogen-bond donors (Lipinski definition) is 3. The van der Waals surface area contributed by atoms with Crippen molar-refractivity contribution in [3.63, 3.8) is 0 Å². The number of fused-ring (bicyclic) bond motifs is 1. The van der Waals surface area contributed by atoms with Gasteiger partial charge in [0.2, 0.25) is 0 Å². The summed E-state index contributed by atoms with van der Waals surface area (Å²) in [4.78, 5) is 12.1. The summed E-state index contributed by atoms with van der Waals surface area (Å²) in [5.74, 6) is 0.0840. The molecule has 122 valence electrons. The molecule has 22 heavy (non-hydrogen) atoms. The molecule has 0 bridgehead atoms. The summed E-state index contributed by atoms with van der Waals surface area (Å²) >= 11 is 0. The molecule has 0 radical (unpaired) electrons. The summed E-state index contributed by atoms with van der Waals surface area (Å²) in [5, 5.41) is 14.7. The number of halogens is 1. The van der Waals surface area contributed by atoms with E-state index in [9.17, 15) is 9.18 Å². The molecule has 3 N–H and O–H groups in total. The Morgan fingerprint density at radius 3 is 3.00 bits per heavy atom. The number of carbonyl (C=O) groups is 1. The second-order valence-electron chi connectivity index (χ2n) is 6.19. The largest absolute Gasteiger partial charge is 0.396 e. The highest BCUT2D eigenvalue weighted by Crippen LogP contribution is 2.35. The van der Waals surface area contributed by atoms with Crippen molar-refractivity contribution in [1.82, 2.24) is 10.6 Å². The van der Waals surface area contributed by atoms with Gasteiger partial charge in [-0.2, -0.15) is 0 Å². The minimum atomic E-state index is -0.237. The van der Waals surface area contributed by atoms with Crippen molar-refractivity contribution < 1.29 is 14.3 Å². The average molecular weight is 308 g/mol. The Hall–Kier alpha value is -1.62. The molecule has 2 rings (SSSR count). The third-order valence-corrected chi connectivity index (χ3v) is 4.37. The Morgan fingerprint density at radius 1 is 1.50 bits per heavy atom. The van der Waals surface area contributed by atoms with Gasteiger partial charge in [-0.1, -0.05) is 19.1 Å². The third-order valence-electron chi connectivity index (χ3n) is 4.37. The van der Waals surface area contributed by atoms with Crippen LogP contribution in [0, 0.1) is 11.7 Å². The molecular formula is C17H25FN2O2. The summed E-state index contributed by atoms with van der Waals surface area (Å²) in [5.41, 5.74) is 1.61. The number of rotatable bonds is 5. The molecule has 2 amide bonds. The Balaban J connectivity index is 2.03. The van der Waals surface area contributed by atoms with Crippen molar-refractivity contribution in [2.45, 2.75) is 51.6 Å². The molecule has 3 atom stereocenters. The van der Waals surface area contributed by atoms with Crippen LogP contribution in [0.4, 0.5) is 9.18 Å². The summed E-state index contributed by atoms with van der Waals surface area (Å²) in [6.45, 7) is 4.11. The van der Waals surface area contributed by atoms with Crippen LogP contribution in [0.1, 0.15) is 50.3 Å². The minimum Gasteiger partial charge on any atom is -0.396 e. The van der Waals surface area contributed by atoms with Crippen LogP contribution in [-0.4, -0.2) is 23.8 Å². The van der Waals surface area contributed by atoms with E-state index in [0.717, 1.165) is 30.4 Å². The molecule has 1 aliphatic rings. The number of aliphatic hydroxyl groups excluding tert-OH is 1. The summed E-state index contributed by atoms with van der Waals surface area (Å²) in [6.07, 6.45) is 2.97. The lowest BCUT2D eigenvalue weighted by Crippen LogP contribution is -2.45. The van der Waals surface area contributed by atoms with E-state index in [1.54, 1.807) is 6.07 Å². The molecule has 0 aliphatic heterocycles. The fourth-order valence-corrected chi connectivity index (χ4v) is 3.07. The van der Waals surface area contributed by atoms with Gasteiger partial charge >= 0.3 is 6.03 Å². The average Bonchev–Trinajstić information content (AvgIpc) is 2.48. The van der Waals surface area contributed by atoms with Crippen LogP contribution in [0.3, 0.4) is 0 Å². The first-order chi connectivity index (χ1) is 10.5. The van der Waals surface area contributed by atoms with E-state index in [0.29, 0.717) is 6.42 Å². The lowest BCUT2D eigenvalue weighted by Gasteiger charge is -2.32. The van der Waals surface area contributed by atoms with Crippen molar-refractivity contribution in [2.24, 2.45) is 5.92 Å². The van der Waals surface area contributed by atoms with Crippen molar-refractivity contribution in [2.75, 3.05) is 6.61 Å². The van der Waals surface area contributed by atoms with E-state index in [1.165, 1.54) is 6.07 Å². The maximum absolute atomic E-state index is 13.9. The number of nitrogens with one attached hydrogen (secondary N) is 2. The fourth-order valence-electron chi connectivity index (χ4n) is 3.07. The molecular weight excluding hydrogens is 283 g/mol. The quantitative estimate of drug-likeness (QED) is 0.783. The first kappa shape index (κ1) is 16.7. The van der Waals surface area contributed by atoms with Gasteiger partial charge in [-0.3, -0.25) is 0 Å². The molecule has 0 aromatic heterocycles. The van der Waals surface area contributed by atoms with Crippen LogP contribution < -0.4 is 10.6 Å². The predicted molar refractivity (Wildman–Crippen MR) is 84.1 cm³/mol. The molecule has 0 heterocycles. The van der Waals surface area contributed by atoms with Gasteiger partial charge in [0, 0.05) is 12.6 Å². The van der Waals surface area contributed by atoms with Crippen LogP contribution in [0.2, 0.25) is 0 Å². The number of carbonyl (C=O) groups excluding carboxylic acids is 1. The first-order valence-corrected chi connectivity index (χ1v) is 7.98. The third kappa shape index (κ3) is 3.97. The Kier molecular flexibility index (Phi) is 5.77. The van der Waals surface area contributed by atoms with E-state index in [4.69, 9.17) is 5.11 Å². The number of benzene rings is 1. The number of aliphatic hydroxyl groups is 1. The second-order valence-corrected chi connectivity index (χ2v) is 6.19. The highest BCUT2D eigenvalue weighted by Gasteiger charge is 2.29. The Bertz CT molecular complexity index is 521. The maximum atomic E-state index is 13.9. The van der Waals surface area contributed by atoms with Crippen molar-refractivity contribution in [3.8, 4) is 0 Å². The second kappa shape index (κ2) is 7.58. The molecule has 0 fully saturated rings. The van der Waals surface area contributed by atoms with Gasteiger partial charge in [-0.15, -0.1) is 0 Å². The van der Waals surface area contributed by atoms with Gasteiger partial charge in [0.25, 0.3) is 0 Å². The van der Waals surface area contributed by atoms with Crippen LogP contribution >= 0.6 is 0 Å². The predicted octanol–water partition coefficient (Wildman–Crippen LogP) is 2.91. The first-order valence-electron chi connectivity index (χ1n) is 7.98. The molecule has 0 saturated carbocycles. The topological polar surface area (TPSA) is 61.4 Å². The minimum absolute atomic E-state index is 0.00183. The highest BCUT2D eigenvalue weighted by molar-refractivity contribution is 5.75. The molecule has 0 unspecified atom stereocenters. The monoisotopic (exact) mass is 308 g/mol. The molecule has 1 aliphatic carbocycles. The van der Waals surface area contributed by atoms with Gasteiger partial charge in [0.15, 0.2) is 0 Å². The van der Waals surface area contributed by atoms with Gasteiger partial charge in [0.1, 0.15) is 5.82 Å². The summed E-state index contributed by atoms with van der Waals surface area (Å²) < 4.78 is 13.9. The van der Waals surface area contributed by atoms with Crippen molar-refractivity contribution >= 4 is 6.03 Å². The highest BCUT2D eigenvalue weighted by atomic mass is 19.1. The van der Waals surface area contributed by atoms with Crippen molar-refractivity contribution in [3.05, 3.63) is 35.1 Å². The van der Waals surface area contributed by atoms with Crippen LogP contribution in [0.5, 0.6) is 0 Å². The maximum Gasteiger partial charge on any atom is 0.315 e. The van der Waals surface area contributed by atoms with Crippen molar-refractivity contribution in [1.29, 1.82) is 0 Å². The number of hydrogen-bond acceptors (Lipinski definition) is 2. The standard InChI is InChI=1S/C17H25FN2O2/c1-11-8-9-13-14(6-3-7-15(13)18)16(11)20-17(22)19-12(2)5-4-10-21/h3,6-7,11-12,16,21H,4-5,8-10H2,1-2H3,(H2,19,20,22)/t11-,12-,16+/m1/s1. The zero-order valence-corrected chi connectivity index (χ0v) is 13.2. The van der Waals surface area contributed by atoms with Crippen LogP contribution in [0.15, 0.2) is 18.2 Å². The van der Waals surface area contributed by atoms with E-state index in [-0.39, 0.29) is 36.5 Å². The molecule has 5 heteroatoms.